The number of primary amides is 1. The zero-order chi connectivity index (χ0) is 12.3. The average Bonchev–Trinajstić information content (AvgIpc) is 2.26. The lowest BCUT2D eigenvalue weighted by atomic mass is 10.2. The fraction of sp³-hybridized carbons (Fsp3) is 0.333. The molecule has 0 aromatic carbocycles. The van der Waals surface area contributed by atoms with Gasteiger partial charge in [-0.3, -0.25) is 4.79 Å². The number of rotatable bonds is 4. The molecule has 1 heterocycles. The van der Waals surface area contributed by atoms with Crippen LogP contribution in [-0.4, -0.2) is 25.1 Å². The van der Waals surface area contributed by atoms with Gasteiger partial charge < -0.3 is 15.2 Å². The third-order valence-electron chi connectivity index (χ3n) is 1.86. The smallest absolute Gasteiger partial charge is 0.267 e. The standard InChI is InChI=1S/C9H10F2N2O3/c1-15-6-4(7(10)11)3-5(8(12)14)13-9(6)16-2/h3,7H,1-2H3,(H2,12,14). The van der Waals surface area contributed by atoms with Gasteiger partial charge in [0.15, 0.2) is 5.75 Å². The number of hydrogen-bond donors (Lipinski definition) is 1. The summed E-state index contributed by atoms with van der Waals surface area (Å²) < 4.78 is 34.8. The largest absolute Gasteiger partial charge is 0.491 e. The minimum atomic E-state index is -2.81. The Bertz CT molecular complexity index is 410. The van der Waals surface area contributed by atoms with Gasteiger partial charge in [-0.1, -0.05) is 0 Å². The summed E-state index contributed by atoms with van der Waals surface area (Å²) in [6.45, 7) is 0. The maximum atomic E-state index is 12.7. The van der Waals surface area contributed by atoms with E-state index in [1.807, 2.05) is 0 Å². The first-order chi connectivity index (χ1) is 7.51. The molecule has 1 aromatic rings. The minimum absolute atomic E-state index is 0.200. The summed E-state index contributed by atoms with van der Waals surface area (Å²) in [7, 11) is 2.43. The highest BCUT2D eigenvalue weighted by molar-refractivity contribution is 5.91. The maximum Gasteiger partial charge on any atom is 0.267 e. The molecule has 0 bridgehead atoms. The van der Waals surface area contributed by atoms with Crippen LogP contribution in [-0.2, 0) is 0 Å². The molecule has 1 amide bonds. The summed E-state index contributed by atoms with van der Waals surface area (Å²) in [4.78, 5) is 14.5. The van der Waals surface area contributed by atoms with Crippen LogP contribution >= 0.6 is 0 Å². The summed E-state index contributed by atoms with van der Waals surface area (Å²) in [5, 5.41) is 0. The second-order valence-corrected chi connectivity index (χ2v) is 2.80. The predicted octanol–water partition coefficient (Wildman–Crippen LogP) is 1.14. The van der Waals surface area contributed by atoms with Gasteiger partial charge >= 0.3 is 0 Å². The second-order valence-electron chi connectivity index (χ2n) is 2.80. The number of carbonyl (C=O) groups excluding carboxylic acids is 1. The highest BCUT2D eigenvalue weighted by Gasteiger charge is 2.22. The molecule has 2 N–H and O–H groups in total. The van der Waals surface area contributed by atoms with E-state index in [0.29, 0.717) is 0 Å². The van der Waals surface area contributed by atoms with Gasteiger partial charge in [0.1, 0.15) is 5.69 Å². The molecule has 1 rings (SSSR count). The number of aromatic nitrogens is 1. The van der Waals surface area contributed by atoms with Crippen molar-refractivity contribution < 1.29 is 23.0 Å². The van der Waals surface area contributed by atoms with Crippen molar-refractivity contribution in [2.75, 3.05) is 14.2 Å². The number of pyridine rings is 1. The molecule has 88 valence electrons. The quantitative estimate of drug-likeness (QED) is 0.844. The first kappa shape index (κ1) is 12.2. The Balaban J connectivity index is 3.43. The van der Waals surface area contributed by atoms with Crippen molar-refractivity contribution in [2.45, 2.75) is 6.43 Å². The van der Waals surface area contributed by atoms with Crippen LogP contribution in [0.15, 0.2) is 6.07 Å². The van der Waals surface area contributed by atoms with Crippen LogP contribution in [0.4, 0.5) is 8.78 Å². The van der Waals surface area contributed by atoms with Crippen molar-refractivity contribution >= 4 is 5.91 Å². The Labute approximate surface area is 90.2 Å². The zero-order valence-electron chi connectivity index (χ0n) is 8.66. The Kier molecular flexibility index (Phi) is 3.60. The highest BCUT2D eigenvalue weighted by Crippen LogP contribution is 2.35. The van der Waals surface area contributed by atoms with Crippen LogP contribution in [0.5, 0.6) is 11.6 Å². The highest BCUT2D eigenvalue weighted by atomic mass is 19.3. The van der Waals surface area contributed by atoms with Gasteiger partial charge in [0.05, 0.1) is 19.8 Å². The maximum absolute atomic E-state index is 12.7. The molecule has 1 aromatic heterocycles. The number of carbonyl (C=O) groups is 1. The normalized spacial score (nSPS) is 10.3. The van der Waals surface area contributed by atoms with Crippen LogP contribution in [0.3, 0.4) is 0 Å². The van der Waals surface area contributed by atoms with Crippen molar-refractivity contribution in [1.82, 2.24) is 4.98 Å². The molecular formula is C9H10F2N2O3. The molecule has 7 heteroatoms. The summed E-state index contributed by atoms with van der Waals surface area (Å²) in [5.41, 5.74) is 4.17. The van der Waals surface area contributed by atoms with Crippen LogP contribution in [0.2, 0.25) is 0 Å². The number of alkyl halides is 2. The van der Waals surface area contributed by atoms with Gasteiger partial charge in [0, 0.05) is 0 Å². The zero-order valence-corrected chi connectivity index (χ0v) is 8.66. The van der Waals surface area contributed by atoms with E-state index in [1.54, 1.807) is 0 Å². The van der Waals surface area contributed by atoms with Crippen LogP contribution < -0.4 is 15.2 Å². The predicted molar refractivity (Wildman–Crippen MR) is 50.8 cm³/mol. The monoisotopic (exact) mass is 232 g/mol. The molecular weight excluding hydrogens is 222 g/mol. The summed E-state index contributed by atoms with van der Waals surface area (Å²) in [5.74, 6) is -1.32. The fourth-order valence-electron chi connectivity index (χ4n) is 1.16. The molecule has 16 heavy (non-hydrogen) atoms. The molecule has 0 fully saturated rings. The topological polar surface area (TPSA) is 74.4 Å². The molecule has 0 spiro atoms. The Morgan fingerprint density at radius 2 is 2.06 bits per heavy atom. The summed E-state index contributed by atoms with van der Waals surface area (Å²) in [6.07, 6.45) is -2.81. The van der Waals surface area contributed by atoms with Crippen molar-refractivity contribution in [1.29, 1.82) is 0 Å². The van der Waals surface area contributed by atoms with E-state index in [4.69, 9.17) is 15.2 Å². The van der Waals surface area contributed by atoms with E-state index in [-0.39, 0.29) is 17.3 Å². The number of amides is 1. The molecule has 0 atom stereocenters. The first-order valence-electron chi connectivity index (χ1n) is 4.22. The number of ether oxygens (including phenoxy) is 2. The van der Waals surface area contributed by atoms with Gasteiger partial charge in [-0.2, -0.15) is 0 Å². The van der Waals surface area contributed by atoms with E-state index in [2.05, 4.69) is 4.98 Å². The molecule has 0 unspecified atom stereocenters. The third-order valence-corrected chi connectivity index (χ3v) is 1.86. The van der Waals surface area contributed by atoms with Gasteiger partial charge in [-0.15, -0.1) is 0 Å². The minimum Gasteiger partial charge on any atom is -0.491 e. The van der Waals surface area contributed by atoms with Crippen LogP contribution in [0.25, 0.3) is 0 Å². The van der Waals surface area contributed by atoms with Gasteiger partial charge in [0.2, 0.25) is 0 Å². The number of methoxy groups -OCH3 is 2. The first-order valence-corrected chi connectivity index (χ1v) is 4.22. The molecule has 0 radical (unpaired) electrons. The second kappa shape index (κ2) is 4.73. The number of hydrogen-bond acceptors (Lipinski definition) is 4. The van der Waals surface area contributed by atoms with Crippen LogP contribution in [0, 0.1) is 0 Å². The van der Waals surface area contributed by atoms with Gasteiger partial charge in [-0.05, 0) is 6.07 Å². The molecule has 0 saturated heterocycles. The summed E-state index contributed by atoms with van der Waals surface area (Å²) in [6, 6.07) is 0.883. The van der Waals surface area contributed by atoms with Crippen molar-refractivity contribution in [3.05, 3.63) is 17.3 Å². The van der Waals surface area contributed by atoms with Gasteiger partial charge in [-0.25, -0.2) is 13.8 Å². The summed E-state index contributed by atoms with van der Waals surface area (Å²) >= 11 is 0. The molecule has 0 saturated carbocycles. The lowest BCUT2D eigenvalue weighted by Crippen LogP contribution is -2.14. The van der Waals surface area contributed by atoms with Crippen molar-refractivity contribution in [2.24, 2.45) is 5.73 Å². The van der Waals surface area contributed by atoms with E-state index in [0.717, 1.165) is 6.07 Å². The lowest BCUT2D eigenvalue weighted by molar-refractivity contribution is 0.0993. The van der Waals surface area contributed by atoms with Gasteiger partial charge in [0.25, 0.3) is 18.2 Å². The van der Waals surface area contributed by atoms with E-state index >= 15 is 0 Å². The van der Waals surface area contributed by atoms with Crippen molar-refractivity contribution in [3.8, 4) is 11.6 Å². The Hall–Kier alpha value is -1.92. The van der Waals surface area contributed by atoms with E-state index in [9.17, 15) is 13.6 Å². The molecule has 0 aliphatic carbocycles. The number of nitrogens with zero attached hydrogens (tertiary/aromatic N) is 1. The average molecular weight is 232 g/mol. The molecule has 0 aliphatic heterocycles. The van der Waals surface area contributed by atoms with E-state index < -0.39 is 17.9 Å². The van der Waals surface area contributed by atoms with Crippen LogP contribution in [0.1, 0.15) is 22.5 Å². The fourth-order valence-corrected chi connectivity index (χ4v) is 1.16. The lowest BCUT2D eigenvalue weighted by Gasteiger charge is -2.12. The Morgan fingerprint density at radius 1 is 1.44 bits per heavy atom. The van der Waals surface area contributed by atoms with E-state index in [1.165, 1.54) is 14.2 Å². The third kappa shape index (κ3) is 2.18. The molecule has 0 aliphatic rings. The SMILES string of the molecule is COc1nc(C(N)=O)cc(C(F)F)c1OC. The Morgan fingerprint density at radius 3 is 2.44 bits per heavy atom. The van der Waals surface area contributed by atoms with Crippen molar-refractivity contribution in [3.63, 3.8) is 0 Å². The number of halogens is 2. The number of nitrogens with two attached hydrogens (primary N) is 1. The molecule has 5 nitrogen and oxygen atoms in total.